The van der Waals surface area contributed by atoms with Crippen molar-refractivity contribution in [2.75, 3.05) is 11.9 Å². The summed E-state index contributed by atoms with van der Waals surface area (Å²) in [5, 5.41) is 3.31. The zero-order chi connectivity index (χ0) is 13.7. The van der Waals surface area contributed by atoms with Crippen molar-refractivity contribution in [1.82, 2.24) is 9.55 Å². The molecule has 4 nitrogen and oxygen atoms in total. The number of hydrogen-bond donors (Lipinski definition) is 1. The van der Waals surface area contributed by atoms with Crippen molar-refractivity contribution in [3.05, 3.63) is 57.2 Å². The van der Waals surface area contributed by atoms with Gasteiger partial charge in [0.25, 0.3) is 5.56 Å². The van der Waals surface area contributed by atoms with Gasteiger partial charge in [0.1, 0.15) is 4.47 Å². The average Bonchev–Trinajstić information content (AvgIpc) is 2.44. The molecule has 0 amide bonds. The molecule has 2 aromatic rings. The smallest absolute Gasteiger partial charge is 0.267 e. The van der Waals surface area contributed by atoms with Gasteiger partial charge in [-0.05, 0) is 41.4 Å². The molecule has 1 heterocycles. The number of benzene rings is 1. The van der Waals surface area contributed by atoms with Gasteiger partial charge in [0.05, 0.1) is 12.0 Å². The molecule has 0 radical (unpaired) electrons. The Hall–Kier alpha value is -1.62. The molecule has 0 unspecified atom stereocenters. The van der Waals surface area contributed by atoms with E-state index < -0.39 is 0 Å². The fourth-order valence-corrected chi connectivity index (χ4v) is 2.07. The van der Waals surface area contributed by atoms with E-state index in [1.165, 1.54) is 0 Å². The van der Waals surface area contributed by atoms with Gasteiger partial charge in [0.15, 0.2) is 0 Å². The Kier molecular flexibility index (Phi) is 4.74. The largest absolute Gasteiger partial charge is 0.385 e. The summed E-state index contributed by atoms with van der Waals surface area (Å²) in [7, 11) is 0. The van der Waals surface area contributed by atoms with E-state index >= 15 is 0 Å². The lowest BCUT2D eigenvalue weighted by Crippen LogP contribution is -2.23. The van der Waals surface area contributed by atoms with Crippen LogP contribution >= 0.6 is 15.9 Å². The minimum Gasteiger partial charge on any atom is -0.385 e. The Morgan fingerprint density at radius 3 is 2.79 bits per heavy atom. The number of anilines is 1. The molecular weight excluding hydrogens is 306 g/mol. The van der Waals surface area contributed by atoms with E-state index in [2.05, 4.69) is 26.2 Å². The second-order valence-corrected chi connectivity index (χ2v) is 5.08. The number of nitrogens with zero attached hydrogens (tertiary/aromatic N) is 2. The van der Waals surface area contributed by atoms with Crippen LogP contribution in [0.5, 0.6) is 0 Å². The maximum absolute atomic E-state index is 11.9. The normalized spacial score (nSPS) is 10.4. The predicted molar refractivity (Wildman–Crippen MR) is 80.5 cm³/mol. The molecule has 1 aromatic carbocycles. The van der Waals surface area contributed by atoms with E-state index in [1.807, 2.05) is 37.3 Å². The fraction of sp³-hybridized carbons (Fsp3) is 0.286. The molecular formula is C14H16BrN3O. The third-order valence-electron chi connectivity index (χ3n) is 2.84. The average molecular weight is 322 g/mol. The Labute approximate surface area is 120 Å². The van der Waals surface area contributed by atoms with E-state index in [4.69, 9.17) is 0 Å². The van der Waals surface area contributed by atoms with Gasteiger partial charge in [0, 0.05) is 18.8 Å². The fourth-order valence-electron chi connectivity index (χ4n) is 1.74. The maximum atomic E-state index is 11.9. The Morgan fingerprint density at radius 2 is 2.05 bits per heavy atom. The van der Waals surface area contributed by atoms with Crippen LogP contribution in [0, 0.1) is 6.92 Å². The molecule has 19 heavy (non-hydrogen) atoms. The number of aromatic nitrogens is 2. The molecule has 100 valence electrons. The van der Waals surface area contributed by atoms with E-state index in [1.54, 1.807) is 10.9 Å². The standard InChI is InChI=1S/C14H16BrN3O/c1-11-13(15)14(19)18(10-17-11)9-5-8-16-12-6-3-2-4-7-12/h2-4,6-7,10,16H,5,8-9H2,1H3. The molecule has 0 saturated heterocycles. The molecule has 5 heteroatoms. The van der Waals surface area contributed by atoms with Crippen LogP contribution in [-0.2, 0) is 6.54 Å². The molecule has 0 aliphatic carbocycles. The molecule has 0 fully saturated rings. The van der Waals surface area contributed by atoms with Crippen LogP contribution in [0.15, 0.2) is 45.9 Å². The van der Waals surface area contributed by atoms with Crippen LogP contribution in [0.25, 0.3) is 0 Å². The highest BCUT2D eigenvalue weighted by atomic mass is 79.9. The van der Waals surface area contributed by atoms with E-state index in [-0.39, 0.29) is 5.56 Å². The van der Waals surface area contributed by atoms with Gasteiger partial charge >= 0.3 is 0 Å². The third-order valence-corrected chi connectivity index (χ3v) is 3.75. The van der Waals surface area contributed by atoms with E-state index in [0.717, 1.165) is 24.3 Å². The SMILES string of the molecule is Cc1ncn(CCCNc2ccccc2)c(=O)c1Br. The predicted octanol–water partition coefficient (Wildman–Crippen LogP) is 2.82. The number of nitrogens with one attached hydrogen (secondary N) is 1. The van der Waals surface area contributed by atoms with Crippen molar-refractivity contribution < 1.29 is 0 Å². The highest BCUT2D eigenvalue weighted by Gasteiger charge is 2.04. The highest BCUT2D eigenvalue weighted by Crippen LogP contribution is 2.07. The quantitative estimate of drug-likeness (QED) is 0.861. The van der Waals surface area contributed by atoms with E-state index in [9.17, 15) is 4.79 Å². The number of rotatable bonds is 5. The summed E-state index contributed by atoms with van der Waals surface area (Å²) in [6, 6.07) is 10.0. The number of halogens is 1. The minimum atomic E-state index is -0.0211. The topological polar surface area (TPSA) is 46.9 Å². The van der Waals surface area contributed by atoms with Gasteiger partial charge < -0.3 is 5.32 Å². The summed E-state index contributed by atoms with van der Waals surface area (Å²) in [5.41, 5.74) is 1.80. The van der Waals surface area contributed by atoms with Crippen molar-refractivity contribution in [1.29, 1.82) is 0 Å². The van der Waals surface area contributed by atoms with Gasteiger partial charge in [0.2, 0.25) is 0 Å². The molecule has 2 rings (SSSR count). The minimum absolute atomic E-state index is 0.0211. The monoisotopic (exact) mass is 321 g/mol. The zero-order valence-corrected chi connectivity index (χ0v) is 12.4. The summed E-state index contributed by atoms with van der Waals surface area (Å²) in [4.78, 5) is 16.1. The van der Waals surface area contributed by atoms with Crippen LogP contribution < -0.4 is 10.9 Å². The van der Waals surface area contributed by atoms with Crippen molar-refractivity contribution in [2.24, 2.45) is 0 Å². The molecule has 0 aliphatic heterocycles. The molecule has 0 aliphatic rings. The second-order valence-electron chi connectivity index (χ2n) is 4.29. The first-order valence-electron chi connectivity index (χ1n) is 6.19. The van der Waals surface area contributed by atoms with Crippen LogP contribution in [0.3, 0.4) is 0 Å². The second kappa shape index (κ2) is 6.52. The van der Waals surface area contributed by atoms with Crippen LogP contribution in [-0.4, -0.2) is 16.1 Å². The van der Waals surface area contributed by atoms with Crippen molar-refractivity contribution in [2.45, 2.75) is 19.9 Å². The van der Waals surface area contributed by atoms with Crippen molar-refractivity contribution in [3.8, 4) is 0 Å². The summed E-state index contributed by atoms with van der Waals surface area (Å²) >= 11 is 3.26. The molecule has 0 atom stereocenters. The molecule has 0 saturated carbocycles. The lowest BCUT2D eigenvalue weighted by atomic mass is 10.3. The summed E-state index contributed by atoms with van der Waals surface area (Å²) < 4.78 is 2.18. The summed E-state index contributed by atoms with van der Waals surface area (Å²) in [5.74, 6) is 0. The Balaban J connectivity index is 1.87. The van der Waals surface area contributed by atoms with E-state index in [0.29, 0.717) is 11.0 Å². The van der Waals surface area contributed by atoms with Crippen LogP contribution in [0.4, 0.5) is 5.69 Å². The Bertz CT molecular complexity index is 595. The molecule has 1 aromatic heterocycles. The van der Waals surface area contributed by atoms with Crippen molar-refractivity contribution >= 4 is 21.6 Å². The summed E-state index contributed by atoms with van der Waals surface area (Å²) in [6.45, 7) is 3.29. The number of aryl methyl sites for hydroxylation is 2. The van der Waals surface area contributed by atoms with Crippen LogP contribution in [0.2, 0.25) is 0 Å². The van der Waals surface area contributed by atoms with Crippen molar-refractivity contribution in [3.63, 3.8) is 0 Å². The Morgan fingerprint density at radius 1 is 1.32 bits per heavy atom. The number of para-hydroxylation sites is 1. The lowest BCUT2D eigenvalue weighted by molar-refractivity contribution is 0.621. The molecule has 1 N–H and O–H groups in total. The van der Waals surface area contributed by atoms with Gasteiger partial charge in [-0.15, -0.1) is 0 Å². The highest BCUT2D eigenvalue weighted by molar-refractivity contribution is 9.10. The zero-order valence-electron chi connectivity index (χ0n) is 10.8. The van der Waals surface area contributed by atoms with Gasteiger partial charge in [-0.1, -0.05) is 18.2 Å². The molecule has 0 spiro atoms. The van der Waals surface area contributed by atoms with Crippen LogP contribution in [0.1, 0.15) is 12.1 Å². The first-order valence-corrected chi connectivity index (χ1v) is 6.98. The van der Waals surface area contributed by atoms with Gasteiger partial charge in [-0.25, -0.2) is 4.98 Å². The third kappa shape index (κ3) is 3.67. The first-order chi connectivity index (χ1) is 9.18. The summed E-state index contributed by atoms with van der Waals surface area (Å²) in [6.07, 6.45) is 2.47. The number of hydrogen-bond acceptors (Lipinski definition) is 3. The van der Waals surface area contributed by atoms with Gasteiger partial charge in [-0.2, -0.15) is 0 Å². The lowest BCUT2D eigenvalue weighted by Gasteiger charge is -2.08. The maximum Gasteiger partial charge on any atom is 0.267 e. The first kappa shape index (κ1) is 13.8. The van der Waals surface area contributed by atoms with Gasteiger partial charge in [-0.3, -0.25) is 9.36 Å². The molecule has 0 bridgehead atoms.